The number of likely N-dealkylation sites (tertiary alicyclic amines) is 2. The molecular formula is C52H57F2N9O7. The van der Waals surface area contributed by atoms with Crippen molar-refractivity contribution in [1.82, 2.24) is 44.9 Å². The number of carbonyl (C=O) groups is 4. The molecule has 3 aromatic carbocycles. The highest BCUT2D eigenvalue weighted by molar-refractivity contribution is 5.93. The second kappa shape index (κ2) is 18.9. The third-order valence-electron chi connectivity index (χ3n) is 14.5. The summed E-state index contributed by atoms with van der Waals surface area (Å²) in [5, 5.41) is 6.36. The standard InChI is InChI=1S/C52H57F2N9O7/c1-29(2)43(59-50(66)68-3)47(64)61-22-8-12-39(61)45-56-28-37(58-45)33-14-16-35-41-25-34-24-32(15-17-38(34)63(41)49(70-42(35)26-33)31-10-6-5-7-11-31)36-27-55-46(57-36)40-13-9-23-62(40)48(65)44(60-51(67)69-4)30-18-20-52(53,54)21-19-30/h5-7,10-11,14-17,24-30,39-40,43-44,49H,8-9,12-13,18-23H2,1-4H3,(H,55,57)(H,56,58)(H,59,66)(H,60,67)/t39-,40-,43-,44-,49-/m0/s1. The summed E-state index contributed by atoms with van der Waals surface area (Å²) in [6.07, 6.45) is 4.11. The smallest absolute Gasteiger partial charge is 0.407 e. The maximum Gasteiger partial charge on any atom is 0.407 e. The van der Waals surface area contributed by atoms with Crippen LogP contribution < -0.4 is 15.4 Å². The lowest BCUT2D eigenvalue weighted by atomic mass is 9.81. The van der Waals surface area contributed by atoms with Crippen LogP contribution in [0, 0.1) is 11.8 Å². The zero-order chi connectivity index (χ0) is 48.8. The molecule has 6 heterocycles. The van der Waals surface area contributed by atoms with Gasteiger partial charge in [-0.2, -0.15) is 0 Å². The van der Waals surface area contributed by atoms with Crippen molar-refractivity contribution in [3.8, 4) is 39.5 Å². The average molecular weight is 958 g/mol. The highest BCUT2D eigenvalue weighted by Crippen LogP contribution is 2.47. The third kappa shape index (κ3) is 8.83. The minimum atomic E-state index is -2.78. The largest absolute Gasteiger partial charge is 0.465 e. The molecule has 3 aliphatic heterocycles. The molecule has 1 saturated carbocycles. The molecule has 0 bridgehead atoms. The molecule has 3 aromatic heterocycles. The monoisotopic (exact) mass is 957 g/mol. The predicted octanol–water partition coefficient (Wildman–Crippen LogP) is 9.29. The fourth-order valence-electron chi connectivity index (χ4n) is 10.8. The van der Waals surface area contributed by atoms with Crippen LogP contribution in [0.2, 0.25) is 0 Å². The Kier molecular flexibility index (Phi) is 12.6. The molecule has 4 N–H and O–H groups in total. The Morgan fingerprint density at radius 1 is 0.757 bits per heavy atom. The maximum atomic E-state index is 14.2. The van der Waals surface area contributed by atoms with E-state index in [2.05, 4.69) is 49.4 Å². The molecule has 4 amide bonds. The number of methoxy groups -OCH3 is 2. The fourth-order valence-corrected chi connectivity index (χ4v) is 10.8. The molecule has 1 aliphatic carbocycles. The number of rotatable bonds is 11. The Morgan fingerprint density at radius 2 is 1.36 bits per heavy atom. The SMILES string of the molecule is COC(=O)N[C@H](C(=O)N1CCC[C@H]1c1ncc(-c2ccc3c(c2)O[C@@H](c2ccccc2)n2c-3cc3cc(-c4cnc([C@@H]5CCCN5C(=O)[C@@H](NC(=O)OC)C5CCC(F)(F)CC5)[nH]4)ccc32)[nH]1)C(C)C. The summed E-state index contributed by atoms with van der Waals surface area (Å²) in [6, 6.07) is 22.2. The zero-order valence-electron chi connectivity index (χ0n) is 39.5. The number of hydrogen-bond donors (Lipinski definition) is 4. The first kappa shape index (κ1) is 46.5. The van der Waals surface area contributed by atoms with Gasteiger partial charge in [-0.15, -0.1) is 0 Å². The highest BCUT2D eigenvalue weighted by atomic mass is 19.3. The topological polar surface area (TPSA) is 189 Å². The Labute approximate surface area is 403 Å². The van der Waals surface area contributed by atoms with Crippen molar-refractivity contribution in [2.75, 3.05) is 27.3 Å². The predicted molar refractivity (Wildman–Crippen MR) is 256 cm³/mol. The highest BCUT2D eigenvalue weighted by Gasteiger charge is 2.44. The first-order chi connectivity index (χ1) is 33.8. The molecule has 0 unspecified atom stereocenters. The van der Waals surface area contributed by atoms with Crippen LogP contribution in [-0.4, -0.2) is 104 Å². The van der Waals surface area contributed by atoms with Crippen molar-refractivity contribution < 1.29 is 42.2 Å². The molecule has 10 rings (SSSR count). The summed E-state index contributed by atoms with van der Waals surface area (Å²) >= 11 is 0. The average Bonchev–Trinajstić information content (AvgIpc) is 4.24. The number of aromatic amines is 2. The molecule has 366 valence electrons. The zero-order valence-corrected chi connectivity index (χ0v) is 39.5. The summed E-state index contributed by atoms with van der Waals surface area (Å²) in [5.41, 5.74) is 7.12. The maximum absolute atomic E-state index is 14.2. The van der Waals surface area contributed by atoms with Gasteiger partial charge in [0.05, 0.1) is 61.3 Å². The molecule has 16 nitrogen and oxygen atoms in total. The molecule has 4 aliphatic rings. The lowest BCUT2D eigenvalue weighted by molar-refractivity contribution is -0.137. The number of carbonyl (C=O) groups excluding carboxylic acids is 4. The van der Waals surface area contributed by atoms with Gasteiger partial charge >= 0.3 is 12.2 Å². The van der Waals surface area contributed by atoms with Gasteiger partial charge in [0.25, 0.3) is 0 Å². The van der Waals surface area contributed by atoms with E-state index in [0.29, 0.717) is 36.9 Å². The van der Waals surface area contributed by atoms with Crippen LogP contribution in [0.5, 0.6) is 5.75 Å². The number of H-pyrrole nitrogens is 2. The van der Waals surface area contributed by atoms with Crippen molar-refractivity contribution in [1.29, 1.82) is 0 Å². The van der Waals surface area contributed by atoms with Gasteiger partial charge in [-0.3, -0.25) is 9.59 Å². The summed E-state index contributed by atoms with van der Waals surface area (Å²) in [5.74, 6) is -1.89. The second-order valence-corrected chi connectivity index (χ2v) is 19.2. The number of alkyl carbamates (subject to hydrolysis) is 2. The van der Waals surface area contributed by atoms with E-state index in [1.165, 1.54) is 14.2 Å². The number of hydrogen-bond acceptors (Lipinski definition) is 9. The minimum absolute atomic E-state index is 0.116. The van der Waals surface area contributed by atoms with Gasteiger partial charge < -0.3 is 49.2 Å². The summed E-state index contributed by atoms with van der Waals surface area (Å²) in [7, 11) is 2.50. The molecule has 0 radical (unpaired) electrons. The minimum Gasteiger partial charge on any atom is -0.465 e. The molecule has 5 atom stereocenters. The Hall–Kier alpha value is -7.24. The first-order valence-electron chi connectivity index (χ1n) is 24.1. The lowest BCUT2D eigenvalue weighted by Gasteiger charge is -2.36. The van der Waals surface area contributed by atoms with Gasteiger partial charge in [-0.1, -0.05) is 56.3 Å². The van der Waals surface area contributed by atoms with Gasteiger partial charge in [0.15, 0.2) is 0 Å². The molecule has 70 heavy (non-hydrogen) atoms. The van der Waals surface area contributed by atoms with Gasteiger partial charge in [0, 0.05) is 53.6 Å². The molecule has 0 spiro atoms. The first-order valence-corrected chi connectivity index (χ1v) is 24.1. The van der Waals surface area contributed by atoms with Crippen LogP contribution in [0.4, 0.5) is 18.4 Å². The van der Waals surface area contributed by atoms with E-state index < -0.39 is 48.4 Å². The summed E-state index contributed by atoms with van der Waals surface area (Å²) in [6.45, 7) is 4.78. The van der Waals surface area contributed by atoms with Crippen molar-refractivity contribution in [2.45, 2.75) is 102 Å². The second-order valence-electron chi connectivity index (χ2n) is 19.2. The van der Waals surface area contributed by atoms with Crippen LogP contribution in [0.1, 0.15) is 101 Å². The van der Waals surface area contributed by atoms with Crippen molar-refractivity contribution in [2.24, 2.45) is 11.8 Å². The molecule has 6 aromatic rings. The van der Waals surface area contributed by atoms with Gasteiger partial charge in [-0.05, 0) is 80.7 Å². The number of alkyl halides is 2. The lowest BCUT2D eigenvalue weighted by Crippen LogP contribution is -2.53. The molecule has 18 heteroatoms. The number of aromatic nitrogens is 5. The van der Waals surface area contributed by atoms with E-state index in [9.17, 15) is 28.0 Å². The number of fused-ring (bicyclic) bond motifs is 5. The van der Waals surface area contributed by atoms with Crippen LogP contribution in [-0.2, 0) is 19.1 Å². The summed E-state index contributed by atoms with van der Waals surface area (Å²) < 4.78 is 47.0. The molecule has 3 fully saturated rings. The van der Waals surface area contributed by atoms with Gasteiger partial charge in [0.1, 0.15) is 29.5 Å². The Morgan fingerprint density at radius 3 is 1.99 bits per heavy atom. The normalized spacial score (nSPS) is 20.6. The number of benzene rings is 3. The number of nitrogens with one attached hydrogen (secondary N) is 4. The van der Waals surface area contributed by atoms with Gasteiger partial charge in [0.2, 0.25) is 24.0 Å². The Bertz CT molecular complexity index is 2920. The van der Waals surface area contributed by atoms with E-state index in [1.807, 2.05) is 62.4 Å². The van der Waals surface area contributed by atoms with E-state index >= 15 is 0 Å². The summed E-state index contributed by atoms with van der Waals surface area (Å²) in [4.78, 5) is 72.6. The van der Waals surface area contributed by atoms with E-state index in [4.69, 9.17) is 24.2 Å². The number of nitrogens with zero attached hydrogens (tertiary/aromatic N) is 5. The van der Waals surface area contributed by atoms with Gasteiger partial charge in [-0.25, -0.2) is 28.3 Å². The van der Waals surface area contributed by atoms with E-state index in [-0.39, 0.29) is 49.5 Å². The van der Waals surface area contributed by atoms with Crippen LogP contribution in [0.15, 0.2) is 85.2 Å². The number of imidazole rings is 2. The van der Waals surface area contributed by atoms with Crippen molar-refractivity contribution in [3.05, 3.63) is 102 Å². The quantitative estimate of drug-likeness (QED) is 0.0981. The van der Waals surface area contributed by atoms with Crippen LogP contribution >= 0.6 is 0 Å². The number of halogens is 2. The van der Waals surface area contributed by atoms with Crippen molar-refractivity contribution in [3.63, 3.8) is 0 Å². The third-order valence-corrected chi connectivity index (χ3v) is 14.5. The van der Waals surface area contributed by atoms with E-state index in [1.54, 1.807) is 22.2 Å². The number of ether oxygens (including phenoxy) is 3. The number of amides is 4. The Balaban J connectivity index is 0.919. The molecular weight excluding hydrogens is 901 g/mol. The van der Waals surface area contributed by atoms with Crippen LogP contribution in [0.3, 0.4) is 0 Å². The fraction of sp³-hybridized carbons (Fsp3) is 0.423. The van der Waals surface area contributed by atoms with Crippen molar-refractivity contribution >= 4 is 34.9 Å². The van der Waals surface area contributed by atoms with E-state index in [0.717, 1.165) is 69.5 Å². The van der Waals surface area contributed by atoms with Crippen LogP contribution in [0.25, 0.3) is 44.7 Å². The molecule has 2 saturated heterocycles.